The molecule has 3 nitrogen and oxygen atoms in total. The third-order valence-electron chi connectivity index (χ3n) is 1.92. The first-order valence-corrected chi connectivity index (χ1v) is 5.18. The van der Waals surface area contributed by atoms with Crippen molar-refractivity contribution >= 4 is 11.3 Å². The van der Waals surface area contributed by atoms with E-state index in [1.54, 1.807) is 11.3 Å². The second kappa shape index (κ2) is 3.49. The van der Waals surface area contributed by atoms with E-state index in [4.69, 9.17) is 0 Å². The van der Waals surface area contributed by atoms with E-state index in [9.17, 15) is 0 Å². The average molecular weight is 183 g/mol. The van der Waals surface area contributed by atoms with Crippen LogP contribution in [0.4, 0.5) is 0 Å². The van der Waals surface area contributed by atoms with Gasteiger partial charge in [-0.05, 0) is 19.8 Å². The Kier molecular flexibility index (Phi) is 2.37. The molecule has 0 aromatic carbocycles. The summed E-state index contributed by atoms with van der Waals surface area (Å²) in [6.07, 6.45) is 3.74. The fourth-order valence-electron chi connectivity index (χ4n) is 1.11. The molecule has 1 fully saturated rings. The molecule has 1 heterocycles. The lowest BCUT2D eigenvalue weighted by atomic mass is 10.4. The highest BCUT2D eigenvalue weighted by Crippen LogP contribution is 2.18. The molecule has 1 N–H and O–H groups in total. The Morgan fingerprint density at radius 3 is 2.92 bits per heavy atom. The molecule has 1 aromatic heterocycles. The molecule has 12 heavy (non-hydrogen) atoms. The van der Waals surface area contributed by atoms with E-state index in [1.807, 2.05) is 6.92 Å². The minimum atomic E-state index is 0.805. The normalized spacial score (nSPS) is 16.8. The Balaban J connectivity index is 1.71. The summed E-state index contributed by atoms with van der Waals surface area (Å²) in [7, 11) is 0. The Labute approximate surface area is 76.2 Å². The van der Waals surface area contributed by atoms with Gasteiger partial charge in [-0.3, -0.25) is 0 Å². The molecule has 0 saturated heterocycles. The van der Waals surface area contributed by atoms with Crippen LogP contribution < -0.4 is 5.32 Å². The molecular formula is C8H13N3S. The topological polar surface area (TPSA) is 37.8 Å². The smallest absolute Gasteiger partial charge is 0.118 e. The predicted octanol–water partition coefficient (Wildman–Crippen LogP) is 1.14. The number of aromatic nitrogens is 2. The molecule has 0 bridgehead atoms. The molecule has 1 aromatic rings. The minimum Gasteiger partial charge on any atom is -0.314 e. The molecule has 0 unspecified atom stereocenters. The van der Waals surface area contributed by atoms with Crippen LogP contribution in [0.3, 0.4) is 0 Å². The summed E-state index contributed by atoms with van der Waals surface area (Å²) < 4.78 is 0. The van der Waals surface area contributed by atoms with Crippen LogP contribution in [0.2, 0.25) is 0 Å². The third-order valence-corrected chi connectivity index (χ3v) is 2.82. The van der Waals surface area contributed by atoms with Crippen molar-refractivity contribution in [3.05, 3.63) is 10.0 Å². The minimum absolute atomic E-state index is 0.805. The van der Waals surface area contributed by atoms with E-state index in [0.29, 0.717) is 0 Å². The number of nitrogens with zero attached hydrogens (tertiary/aromatic N) is 2. The molecule has 1 aliphatic carbocycles. The van der Waals surface area contributed by atoms with Crippen LogP contribution in [0, 0.1) is 6.92 Å². The monoisotopic (exact) mass is 183 g/mol. The molecule has 0 aliphatic heterocycles. The lowest BCUT2D eigenvalue weighted by Crippen LogP contribution is -2.19. The van der Waals surface area contributed by atoms with E-state index < -0.39 is 0 Å². The number of aryl methyl sites for hydroxylation is 1. The first-order valence-electron chi connectivity index (χ1n) is 4.37. The van der Waals surface area contributed by atoms with Crippen LogP contribution in [-0.2, 0) is 6.42 Å². The molecule has 1 saturated carbocycles. The largest absolute Gasteiger partial charge is 0.314 e. The molecular weight excluding hydrogens is 170 g/mol. The highest BCUT2D eigenvalue weighted by Gasteiger charge is 2.19. The zero-order valence-corrected chi connectivity index (χ0v) is 8.02. The molecule has 0 amide bonds. The summed E-state index contributed by atoms with van der Waals surface area (Å²) >= 11 is 1.70. The van der Waals surface area contributed by atoms with Crippen molar-refractivity contribution in [3.63, 3.8) is 0 Å². The van der Waals surface area contributed by atoms with Crippen molar-refractivity contribution in [2.24, 2.45) is 0 Å². The van der Waals surface area contributed by atoms with Gasteiger partial charge in [-0.1, -0.05) is 0 Å². The van der Waals surface area contributed by atoms with E-state index in [1.165, 1.54) is 12.8 Å². The summed E-state index contributed by atoms with van der Waals surface area (Å²) in [6, 6.07) is 0.805. The molecule has 66 valence electrons. The third kappa shape index (κ3) is 2.25. The predicted molar refractivity (Wildman–Crippen MR) is 49.4 cm³/mol. The van der Waals surface area contributed by atoms with Crippen LogP contribution in [0.25, 0.3) is 0 Å². The van der Waals surface area contributed by atoms with Gasteiger partial charge in [-0.25, -0.2) is 0 Å². The summed E-state index contributed by atoms with van der Waals surface area (Å²) in [5.41, 5.74) is 0. The van der Waals surface area contributed by atoms with Gasteiger partial charge < -0.3 is 5.32 Å². The Morgan fingerprint density at radius 2 is 2.33 bits per heavy atom. The number of hydrogen-bond donors (Lipinski definition) is 1. The SMILES string of the molecule is Cc1nnc(CCNC2CC2)s1. The second-order valence-electron chi connectivity index (χ2n) is 3.19. The lowest BCUT2D eigenvalue weighted by molar-refractivity contribution is 0.677. The zero-order chi connectivity index (χ0) is 8.39. The van der Waals surface area contributed by atoms with Gasteiger partial charge >= 0.3 is 0 Å². The number of rotatable bonds is 4. The second-order valence-corrected chi connectivity index (χ2v) is 4.46. The van der Waals surface area contributed by atoms with Crippen LogP contribution >= 0.6 is 11.3 Å². The van der Waals surface area contributed by atoms with Crippen LogP contribution in [0.15, 0.2) is 0 Å². The first kappa shape index (κ1) is 8.13. The van der Waals surface area contributed by atoms with Gasteiger partial charge in [0, 0.05) is 19.0 Å². The highest BCUT2D eigenvalue weighted by molar-refractivity contribution is 7.11. The number of hydrogen-bond acceptors (Lipinski definition) is 4. The maximum Gasteiger partial charge on any atom is 0.118 e. The van der Waals surface area contributed by atoms with Gasteiger partial charge in [0.25, 0.3) is 0 Å². The fraction of sp³-hybridized carbons (Fsp3) is 0.750. The molecule has 0 radical (unpaired) electrons. The highest BCUT2D eigenvalue weighted by atomic mass is 32.1. The van der Waals surface area contributed by atoms with Crippen molar-refractivity contribution in [3.8, 4) is 0 Å². The molecule has 0 spiro atoms. The van der Waals surface area contributed by atoms with Crippen LogP contribution in [-0.4, -0.2) is 22.8 Å². The molecule has 2 rings (SSSR count). The van der Waals surface area contributed by atoms with Crippen LogP contribution in [0.5, 0.6) is 0 Å². The zero-order valence-electron chi connectivity index (χ0n) is 7.21. The van der Waals surface area contributed by atoms with Crippen molar-refractivity contribution in [1.29, 1.82) is 0 Å². The molecule has 1 aliphatic rings. The first-order chi connectivity index (χ1) is 5.84. The maximum absolute atomic E-state index is 4.06. The summed E-state index contributed by atoms with van der Waals surface area (Å²) in [6.45, 7) is 3.05. The van der Waals surface area contributed by atoms with Gasteiger partial charge in [0.1, 0.15) is 10.0 Å². The summed E-state index contributed by atoms with van der Waals surface area (Å²) in [5.74, 6) is 0. The van der Waals surface area contributed by atoms with E-state index in [0.717, 1.165) is 29.0 Å². The Morgan fingerprint density at radius 1 is 1.50 bits per heavy atom. The van der Waals surface area contributed by atoms with Crippen LogP contribution in [0.1, 0.15) is 22.9 Å². The van der Waals surface area contributed by atoms with Crippen molar-refractivity contribution in [1.82, 2.24) is 15.5 Å². The van der Waals surface area contributed by atoms with E-state index >= 15 is 0 Å². The Hall–Kier alpha value is -0.480. The summed E-state index contributed by atoms with van der Waals surface area (Å²) in [4.78, 5) is 0. The van der Waals surface area contributed by atoms with Crippen molar-refractivity contribution in [2.75, 3.05) is 6.54 Å². The van der Waals surface area contributed by atoms with E-state index in [2.05, 4.69) is 15.5 Å². The molecule has 0 atom stereocenters. The van der Waals surface area contributed by atoms with Crippen molar-refractivity contribution in [2.45, 2.75) is 32.2 Å². The maximum atomic E-state index is 4.06. The summed E-state index contributed by atoms with van der Waals surface area (Å²) in [5, 5.41) is 13.7. The van der Waals surface area contributed by atoms with Gasteiger partial charge in [0.15, 0.2) is 0 Å². The lowest BCUT2D eigenvalue weighted by Gasteiger charge is -1.97. The quantitative estimate of drug-likeness (QED) is 0.760. The van der Waals surface area contributed by atoms with Gasteiger partial charge in [-0.2, -0.15) is 0 Å². The molecule has 4 heteroatoms. The number of nitrogens with one attached hydrogen (secondary N) is 1. The van der Waals surface area contributed by atoms with Gasteiger partial charge in [-0.15, -0.1) is 21.5 Å². The standard InChI is InChI=1S/C8H13N3S/c1-6-10-11-8(12-6)4-5-9-7-2-3-7/h7,9H,2-5H2,1H3. The average Bonchev–Trinajstić information content (AvgIpc) is 2.76. The Bertz CT molecular complexity index is 255. The fourth-order valence-corrected chi connectivity index (χ4v) is 1.82. The van der Waals surface area contributed by atoms with E-state index in [-0.39, 0.29) is 0 Å². The van der Waals surface area contributed by atoms with Gasteiger partial charge in [0.2, 0.25) is 0 Å². The van der Waals surface area contributed by atoms with Gasteiger partial charge in [0.05, 0.1) is 0 Å². The van der Waals surface area contributed by atoms with Crippen molar-refractivity contribution < 1.29 is 0 Å².